The summed E-state index contributed by atoms with van der Waals surface area (Å²) < 4.78 is 16.4. The van der Waals surface area contributed by atoms with E-state index in [9.17, 15) is 4.79 Å². The molecule has 0 atom stereocenters. The Labute approximate surface area is 169 Å². The standard InChI is InChI=1S/C22H23N3O4/c1-2-27-18-9-6-10-19(15-18)29-16-21(26)23-13-14-28-22-12-11-20(24-25-22)17-7-4-3-5-8-17/h3-12,15H,2,13-14,16H2,1H3,(H,23,26). The Bertz CT molecular complexity index is 901. The number of carbonyl (C=O) groups is 1. The van der Waals surface area contributed by atoms with E-state index in [0.717, 1.165) is 11.3 Å². The summed E-state index contributed by atoms with van der Waals surface area (Å²) >= 11 is 0. The van der Waals surface area contributed by atoms with Crippen molar-refractivity contribution in [3.05, 3.63) is 66.7 Å². The van der Waals surface area contributed by atoms with Gasteiger partial charge in [-0.25, -0.2) is 0 Å². The molecule has 2 aromatic carbocycles. The highest BCUT2D eigenvalue weighted by Gasteiger charge is 2.05. The number of carbonyl (C=O) groups excluding carboxylic acids is 1. The molecule has 1 aromatic heterocycles. The van der Waals surface area contributed by atoms with Crippen molar-refractivity contribution >= 4 is 5.91 Å². The van der Waals surface area contributed by atoms with Crippen molar-refractivity contribution < 1.29 is 19.0 Å². The van der Waals surface area contributed by atoms with Crippen molar-refractivity contribution in [2.45, 2.75) is 6.92 Å². The maximum atomic E-state index is 11.9. The van der Waals surface area contributed by atoms with Crippen molar-refractivity contribution in [3.8, 4) is 28.6 Å². The van der Waals surface area contributed by atoms with E-state index in [1.165, 1.54) is 0 Å². The van der Waals surface area contributed by atoms with Crippen molar-refractivity contribution in [1.29, 1.82) is 0 Å². The first-order chi connectivity index (χ1) is 14.2. The van der Waals surface area contributed by atoms with Crippen LogP contribution in [0.25, 0.3) is 11.3 Å². The maximum Gasteiger partial charge on any atom is 0.258 e. The van der Waals surface area contributed by atoms with Gasteiger partial charge in [0, 0.05) is 17.7 Å². The summed E-state index contributed by atoms with van der Waals surface area (Å²) in [6.07, 6.45) is 0. The van der Waals surface area contributed by atoms with Gasteiger partial charge in [0.15, 0.2) is 6.61 Å². The molecule has 0 fully saturated rings. The van der Waals surface area contributed by atoms with Gasteiger partial charge in [0.1, 0.15) is 18.1 Å². The molecule has 29 heavy (non-hydrogen) atoms. The summed E-state index contributed by atoms with van der Waals surface area (Å²) in [6, 6.07) is 20.6. The molecule has 7 nitrogen and oxygen atoms in total. The fraction of sp³-hybridized carbons (Fsp3) is 0.227. The molecule has 0 aliphatic rings. The minimum Gasteiger partial charge on any atom is -0.494 e. The predicted octanol–water partition coefficient (Wildman–Crippen LogP) is 3.12. The molecule has 1 heterocycles. The number of nitrogens with one attached hydrogen (secondary N) is 1. The van der Waals surface area contributed by atoms with Crippen LogP contribution in [0.2, 0.25) is 0 Å². The molecular weight excluding hydrogens is 370 g/mol. The average molecular weight is 393 g/mol. The molecule has 0 aliphatic heterocycles. The predicted molar refractivity (Wildman–Crippen MR) is 109 cm³/mol. The molecule has 0 radical (unpaired) electrons. The summed E-state index contributed by atoms with van der Waals surface area (Å²) in [5.41, 5.74) is 1.77. The zero-order valence-corrected chi connectivity index (χ0v) is 16.2. The normalized spacial score (nSPS) is 10.2. The first-order valence-corrected chi connectivity index (χ1v) is 9.39. The zero-order valence-electron chi connectivity index (χ0n) is 16.2. The average Bonchev–Trinajstić information content (AvgIpc) is 2.77. The van der Waals surface area contributed by atoms with Crippen LogP contribution in [-0.2, 0) is 4.79 Å². The Hall–Kier alpha value is -3.61. The monoisotopic (exact) mass is 393 g/mol. The number of hydrogen-bond donors (Lipinski definition) is 1. The van der Waals surface area contributed by atoms with Gasteiger partial charge in [-0.05, 0) is 25.1 Å². The summed E-state index contributed by atoms with van der Waals surface area (Å²) in [4.78, 5) is 11.9. The number of nitrogens with zero attached hydrogens (tertiary/aromatic N) is 2. The second kappa shape index (κ2) is 10.7. The van der Waals surface area contributed by atoms with Crippen LogP contribution >= 0.6 is 0 Å². The van der Waals surface area contributed by atoms with E-state index >= 15 is 0 Å². The third kappa shape index (κ3) is 6.49. The van der Waals surface area contributed by atoms with E-state index in [1.54, 1.807) is 18.2 Å². The third-order valence-electron chi connectivity index (χ3n) is 3.87. The van der Waals surface area contributed by atoms with Gasteiger partial charge in [-0.1, -0.05) is 36.4 Å². The van der Waals surface area contributed by atoms with Gasteiger partial charge in [0.05, 0.1) is 18.8 Å². The first-order valence-electron chi connectivity index (χ1n) is 9.39. The fourth-order valence-corrected chi connectivity index (χ4v) is 2.53. The summed E-state index contributed by atoms with van der Waals surface area (Å²) in [5.74, 6) is 1.46. The maximum absolute atomic E-state index is 11.9. The van der Waals surface area contributed by atoms with E-state index < -0.39 is 0 Å². The Morgan fingerprint density at radius 1 is 0.897 bits per heavy atom. The lowest BCUT2D eigenvalue weighted by atomic mass is 10.1. The Balaban J connectivity index is 1.36. The SMILES string of the molecule is CCOc1cccc(OCC(=O)NCCOc2ccc(-c3ccccc3)nn2)c1. The van der Waals surface area contributed by atoms with Crippen LogP contribution in [0.5, 0.6) is 17.4 Å². The second-order valence-electron chi connectivity index (χ2n) is 6.02. The molecule has 0 saturated heterocycles. The van der Waals surface area contributed by atoms with Crippen LogP contribution in [0.4, 0.5) is 0 Å². The first kappa shape index (κ1) is 20.1. The molecular formula is C22H23N3O4. The minimum atomic E-state index is -0.235. The topological polar surface area (TPSA) is 82.6 Å². The van der Waals surface area contributed by atoms with Crippen molar-refractivity contribution in [2.75, 3.05) is 26.4 Å². The Morgan fingerprint density at radius 2 is 1.69 bits per heavy atom. The van der Waals surface area contributed by atoms with Gasteiger partial charge >= 0.3 is 0 Å². The highest BCUT2D eigenvalue weighted by molar-refractivity contribution is 5.77. The van der Waals surface area contributed by atoms with Crippen LogP contribution in [0, 0.1) is 0 Å². The summed E-state index contributed by atoms with van der Waals surface area (Å²) in [5, 5.41) is 10.9. The minimum absolute atomic E-state index is 0.0822. The second-order valence-corrected chi connectivity index (χ2v) is 6.02. The van der Waals surface area contributed by atoms with Crippen molar-refractivity contribution in [2.24, 2.45) is 0 Å². The van der Waals surface area contributed by atoms with E-state index in [2.05, 4.69) is 15.5 Å². The van der Waals surface area contributed by atoms with E-state index in [4.69, 9.17) is 14.2 Å². The third-order valence-corrected chi connectivity index (χ3v) is 3.87. The fourth-order valence-electron chi connectivity index (χ4n) is 2.53. The lowest BCUT2D eigenvalue weighted by Gasteiger charge is -2.09. The number of hydrogen-bond acceptors (Lipinski definition) is 6. The lowest BCUT2D eigenvalue weighted by molar-refractivity contribution is -0.123. The van der Waals surface area contributed by atoms with Crippen LogP contribution in [0.3, 0.4) is 0 Å². The van der Waals surface area contributed by atoms with Gasteiger partial charge in [0.2, 0.25) is 5.88 Å². The molecule has 3 aromatic rings. The van der Waals surface area contributed by atoms with Gasteiger partial charge < -0.3 is 19.5 Å². The van der Waals surface area contributed by atoms with E-state index in [1.807, 2.05) is 55.5 Å². The van der Waals surface area contributed by atoms with Crippen LogP contribution in [0.15, 0.2) is 66.7 Å². The van der Waals surface area contributed by atoms with Gasteiger partial charge in [0.25, 0.3) is 5.91 Å². The van der Waals surface area contributed by atoms with Crippen LogP contribution in [-0.4, -0.2) is 42.5 Å². The highest BCUT2D eigenvalue weighted by Crippen LogP contribution is 2.19. The van der Waals surface area contributed by atoms with E-state index in [-0.39, 0.29) is 19.1 Å². The van der Waals surface area contributed by atoms with Crippen molar-refractivity contribution in [1.82, 2.24) is 15.5 Å². The van der Waals surface area contributed by atoms with Crippen molar-refractivity contribution in [3.63, 3.8) is 0 Å². The van der Waals surface area contributed by atoms with Crippen LogP contribution in [0.1, 0.15) is 6.92 Å². The molecule has 0 aliphatic carbocycles. The Morgan fingerprint density at radius 3 is 2.41 bits per heavy atom. The smallest absolute Gasteiger partial charge is 0.258 e. The molecule has 3 rings (SSSR count). The highest BCUT2D eigenvalue weighted by atomic mass is 16.5. The van der Waals surface area contributed by atoms with Gasteiger partial charge in [-0.3, -0.25) is 4.79 Å². The molecule has 0 saturated carbocycles. The lowest BCUT2D eigenvalue weighted by Crippen LogP contribution is -2.32. The molecule has 0 spiro atoms. The summed E-state index contributed by atoms with van der Waals surface area (Å²) in [7, 11) is 0. The van der Waals surface area contributed by atoms with E-state index in [0.29, 0.717) is 30.5 Å². The molecule has 150 valence electrons. The molecule has 1 amide bonds. The number of rotatable bonds is 10. The number of aromatic nitrogens is 2. The molecule has 0 bridgehead atoms. The molecule has 1 N–H and O–H groups in total. The number of ether oxygens (including phenoxy) is 3. The summed E-state index contributed by atoms with van der Waals surface area (Å²) in [6.45, 7) is 3.02. The molecule has 0 unspecified atom stereocenters. The Kier molecular flexibility index (Phi) is 7.40. The zero-order chi connectivity index (χ0) is 20.3. The largest absolute Gasteiger partial charge is 0.494 e. The van der Waals surface area contributed by atoms with Gasteiger partial charge in [-0.15, -0.1) is 10.2 Å². The van der Waals surface area contributed by atoms with Gasteiger partial charge in [-0.2, -0.15) is 0 Å². The quantitative estimate of drug-likeness (QED) is 0.533. The molecule has 7 heteroatoms. The number of benzene rings is 2. The number of amides is 1. The van der Waals surface area contributed by atoms with Crippen LogP contribution < -0.4 is 19.5 Å².